The van der Waals surface area contributed by atoms with E-state index in [-0.39, 0.29) is 11.2 Å². The molecule has 4 heteroatoms. The lowest BCUT2D eigenvalue weighted by Crippen LogP contribution is -2.59. The van der Waals surface area contributed by atoms with Crippen molar-refractivity contribution < 1.29 is 14.2 Å². The highest BCUT2D eigenvalue weighted by molar-refractivity contribution is 5.02. The van der Waals surface area contributed by atoms with E-state index in [1.165, 1.54) is 32.1 Å². The summed E-state index contributed by atoms with van der Waals surface area (Å²) >= 11 is 0. The monoisotopic (exact) mass is 297 g/mol. The van der Waals surface area contributed by atoms with Crippen LogP contribution in [0.1, 0.15) is 51.4 Å². The summed E-state index contributed by atoms with van der Waals surface area (Å²) in [6.45, 7) is 2.56. The van der Waals surface area contributed by atoms with Crippen LogP contribution in [0.3, 0.4) is 0 Å². The first-order valence-corrected chi connectivity index (χ1v) is 8.68. The van der Waals surface area contributed by atoms with Crippen molar-refractivity contribution in [1.29, 1.82) is 0 Å². The van der Waals surface area contributed by atoms with E-state index in [9.17, 15) is 0 Å². The lowest BCUT2D eigenvalue weighted by Gasteiger charge is -2.49. The molecular formula is C17H31NO3. The van der Waals surface area contributed by atoms with Gasteiger partial charge in [-0.15, -0.1) is 0 Å². The molecule has 2 saturated heterocycles. The quantitative estimate of drug-likeness (QED) is 0.865. The number of hydrogen-bond acceptors (Lipinski definition) is 4. The van der Waals surface area contributed by atoms with Crippen molar-refractivity contribution in [2.45, 2.75) is 68.6 Å². The molecule has 3 aliphatic rings. The summed E-state index contributed by atoms with van der Waals surface area (Å²) in [6, 6.07) is 0.410. The average molecular weight is 297 g/mol. The maximum atomic E-state index is 6.21. The summed E-state index contributed by atoms with van der Waals surface area (Å²) in [5, 5.41) is 3.60. The van der Waals surface area contributed by atoms with E-state index < -0.39 is 0 Å². The minimum Gasteiger partial charge on any atom is -0.381 e. The fraction of sp³-hybridized carbons (Fsp3) is 1.00. The number of rotatable bonds is 4. The van der Waals surface area contributed by atoms with E-state index in [0.717, 1.165) is 39.1 Å². The molecule has 1 spiro atoms. The molecule has 122 valence electrons. The van der Waals surface area contributed by atoms with E-state index >= 15 is 0 Å². The lowest BCUT2D eigenvalue weighted by molar-refractivity contribution is -0.148. The van der Waals surface area contributed by atoms with Gasteiger partial charge < -0.3 is 19.5 Å². The summed E-state index contributed by atoms with van der Waals surface area (Å²) in [7, 11) is 3.97. The van der Waals surface area contributed by atoms with Gasteiger partial charge in [-0.2, -0.15) is 0 Å². The number of hydrogen-bond donors (Lipinski definition) is 1. The van der Waals surface area contributed by atoms with Crippen LogP contribution in [0.25, 0.3) is 0 Å². The predicted octanol–water partition coefficient (Wildman–Crippen LogP) is 2.51. The molecule has 21 heavy (non-hydrogen) atoms. The number of likely N-dealkylation sites (N-methyl/N-ethyl adjacent to an activating group) is 1. The second-order valence-corrected chi connectivity index (χ2v) is 7.14. The molecule has 2 aliphatic heterocycles. The molecule has 1 N–H and O–H groups in total. The highest BCUT2D eigenvalue weighted by Gasteiger charge is 2.48. The largest absolute Gasteiger partial charge is 0.381 e. The van der Waals surface area contributed by atoms with Gasteiger partial charge in [0.15, 0.2) is 0 Å². The Bertz CT molecular complexity index is 335. The summed E-state index contributed by atoms with van der Waals surface area (Å²) < 4.78 is 17.8. The van der Waals surface area contributed by atoms with Crippen molar-refractivity contribution >= 4 is 0 Å². The Balaban J connectivity index is 1.75. The minimum atomic E-state index is -0.0607. The molecule has 0 aromatic carbocycles. The third-order valence-electron chi connectivity index (χ3n) is 6.14. The standard InChI is InChI=1S/C17H31NO3/c1-18-15(17(19-2)8-11-20-12-9-17)14-5-10-21-16(13-14)6-3-4-7-16/h14-15,18H,3-13H2,1-2H3. The SMILES string of the molecule is CNC(C1CCOC2(CCCC2)C1)C1(OC)CCOCC1. The molecule has 1 aliphatic carbocycles. The maximum absolute atomic E-state index is 6.21. The van der Waals surface area contributed by atoms with Crippen LogP contribution in [0.2, 0.25) is 0 Å². The fourth-order valence-electron chi connectivity index (χ4n) is 5.01. The molecule has 3 fully saturated rings. The van der Waals surface area contributed by atoms with Crippen LogP contribution in [0.4, 0.5) is 0 Å². The molecule has 0 bridgehead atoms. The second-order valence-electron chi connectivity index (χ2n) is 7.14. The van der Waals surface area contributed by atoms with Crippen molar-refractivity contribution in [2.75, 3.05) is 34.0 Å². The summed E-state index contributed by atoms with van der Waals surface area (Å²) in [5.74, 6) is 0.653. The average Bonchev–Trinajstić information content (AvgIpc) is 2.97. The third-order valence-corrected chi connectivity index (χ3v) is 6.14. The van der Waals surface area contributed by atoms with Crippen molar-refractivity contribution in [2.24, 2.45) is 5.92 Å². The zero-order valence-corrected chi connectivity index (χ0v) is 13.7. The zero-order valence-electron chi connectivity index (χ0n) is 13.7. The van der Waals surface area contributed by atoms with Gasteiger partial charge in [-0.1, -0.05) is 12.8 Å². The Morgan fingerprint density at radius 1 is 1.10 bits per heavy atom. The van der Waals surface area contributed by atoms with Crippen LogP contribution in [-0.4, -0.2) is 51.2 Å². The molecule has 2 heterocycles. The van der Waals surface area contributed by atoms with Crippen LogP contribution >= 0.6 is 0 Å². The molecule has 2 unspecified atom stereocenters. The Morgan fingerprint density at radius 2 is 1.81 bits per heavy atom. The van der Waals surface area contributed by atoms with Crippen molar-refractivity contribution in [1.82, 2.24) is 5.32 Å². The first-order chi connectivity index (χ1) is 10.2. The van der Waals surface area contributed by atoms with Gasteiger partial charge in [0.25, 0.3) is 0 Å². The summed E-state index contributed by atoms with van der Waals surface area (Å²) in [6.07, 6.45) is 9.52. The Hall–Kier alpha value is -0.160. The summed E-state index contributed by atoms with van der Waals surface area (Å²) in [5.41, 5.74) is 0.118. The molecule has 4 nitrogen and oxygen atoms in total. The van der Waals surface area contributed by atoms with Crippen LogP contribution in [0.5, 0.6) is 0 Å². The smallest absolute Gasteiger partial charge is 0.0877 e. The molecule has 0 radical (unpaired) electrons. The molecule has 1 saturated carbocycles. The highest BCUT2D eigenvalue weighted by atomic mass is 16.5. The van der Waals surface area contributed by atoms with Crippen LogP contribution < -0.4 is 5.32 Å². The topological polar surface area (TPSA) is 39.7 Å². The molecule has 0 amide bonds. The zero-order chi connectivity index (χ0) is 14.8. The van der Waals surface area contributed by atoms with Gasteiger partial charge in [0, 0.05) is 45.8 Å². The van der Waals surface area contributed by atoms with Crippen LogP contribution in [0, 0.1) is 5.92 Å². The molecule has 2 atom stereocenters. The Labute approximate surface area is 128 Å². The molecular weight excluding hydrogens is 266 g/mol. The van der Waals surface area contributed by atoms with E-state index in [1.807, 2.05) is 7.11 Å². The summed E-state index contributed by atoms with van der Waals surface area (Å²) in [4.78, 5) is 0. The van der Waals surface area contributed by atoms with Crippen molar-refractivity contribution in [3.05, 3.63) is 0 Å². The van der Waals surface area contributed by atoms with E-state index in [1.54, 1.807) is 0 Å². The van der Waals surface area contributed by atoms with Gasteiger partial charge in [0.1, 0.15) is 0 Å². The van der Waals surface area contributed by atoms with E-state index in [0.29, 0.717) is 12.0 Å². The Kier molecular flexibility index (Phi) is 4.89. The number of ether oxygens (including phenoxy) is 3. The molecule has 0 aromatic rings. The lowest BCUT2D eigenvalue weighted by atomic mass is 9.72. The fourth-order valence-corrected chi connectivity index (χ4v) is 5.01. The highest BCUT2D eigenvalue weighted by Crippen LogP contribution is 2.45. The van der Waals surface area contributed by atoms with E-state index in [2.05, 4.69) is 12.4 Å². The predicted molar refractivity (Wildman–Crippen MR) is 82.5 cm³/mol. The first-order valence-electron chi connectivity index (χ1n) is 8.68. The van der Waals surface area contributed by atoms with Crippen molar-refractivity contribution in [3.8, 4) is 0 Å². The van der Waals surface area contributed by atoms with Gasteiger partial charge in [-0.05, 0) is 38.6 Å². The van der Waals surface area contributed by atoms with Crippen LogP contribution in [-0.2, 0) is 14.2 Å². The number of methoxy groups -OCH3 is 1. The van der Waals surface area contributed by atoms with Gasteiger partial charge in [0.2, 0.25) is 0 Å². The Morgan fingerprint density at radius 3 is 2.43 bits per heavy atom. The van der Waals surface area contributed by atoms with Gasteiger partial charge in [-0.3, -0.25) is 0 Å². The van der Waals surface area contributed by atoms with Crippen molar-refractivity contribution in [3.63, 3.8) is 0 Å². The third kappa shape index (κ3) is 3.00. The van der Waals surface area contributed by atoms with Gasteiger partial charge >= 0.3 is 0 Å². The van der Waals surface area contributed by atoms with Gasteiger partial charge in [-0.25, -0.2) is 0 Å². The second kappa shape index (κ2) is 6.53. The van der Waals surface area contributed by atoms with E-state index in [4.69, 9.17) is 14.2 Å². The van der Waals surface area contributed by atoms with Gasteiger partial charge in [0.05, 0.1) is 11.2 Å². The maximum Gasteiger partial charge on any atom is 0.0877 e. The molecule has 3 rings (SSSR count). The minimum absolute atomic E-state index is 0.0607. The molecule has 0 aromatic heterocycles. The number of nitrogens with one attached hydrogen (secondary N) is 1. The normalized spacial score (nSPS) is 33.1. The van der Waals surface area contributed by atoms with Crippen LogP contribution in [0.15, 0.2) is 0 Å². The first kappa shape index (κ1) is 15.7.